The molecule has 45 heavy (non-hydrogen) atoms. The van der Waals surface area contributed by atoms with Gasteiger partial charge in [-0.15, -0.1) is 0 Å². The molecular formula is C32H30ClN3O8S. The summed E-state index contributed by atoms with van der Waals surface area (Å²) in [6.07, 6.45) is 1.50. The maximum Gasteiger partial charge on any atom is 0.339 e. The Kier molecular flexibility index (Phi) is 11.2. The molecule has 3 aromatic rings. The van der Waals surface area contributed by atoms with Gasteiger partial charge in [-0.2, -0.15) is 0 Å². The number of ether oxygens (including phenoxy) is 3. The summed E-state index contributed by atoms with van der Waals surface area (Å²) in [4.78, 5) is 63.8. The number of benzene rings is 3. The van der Waals surface area contributed by atoms with Gasteiger partial charge in [-0.05, 0) is 92.2 Å². The summed E-state index contributed by atoms with van der Waals surface area (Å²) in [5, 5.41) is 4.87. The van der Waals surface area contributed by atoms with Crippen molar-refractivity contribution in [3.63, 3.8) is 0 Å². The van der Waals surface area contributed by atoms with Gasteiger partial charge >= 0.3 is 5.97 Å². The molecular weight excluding hydrogens is 622 g/mol. The third kappa shape index (κ3) is 8.87. The van der Waals surface area contributed by atoms with E-state index < -0.39 is 29.6 Å². The van der Waals surface area contributed by atoms with Gasteiger partial charge in [0.2, 0.25) is 5.91 Å². The summed E-state index contributed by atoms with van der Waals surface area (Å²) in [5.74, 6) is -1.62. The van der Waals surface area contributed by atoms with Crippen LogP contribution in [-0.4, -0.2) is 60.2 Å². The highest BCUT2D eigenvalue weighted by Gasteiger charge is 2.36. The van der Waals surface area contributed by atoms with Crippen molar-refractivity contribution < 1.29 is 38.2 Å². The Hall–Kier alpha value is -4.81. The molecule has 1 heterocycles. The van der Waals surface area contributed by atoms with Gasteiger partial charge in [0.15, 0.2) is 18.1 Å². The van der Waals surface area contributed by atoms with Crippen molar-refractivity contribution in [2.24, 2.45) is 0 Å². The number of halogens is 1. The lowest BCUT2D eigenvalue weighted by Gasteiger charge is -2.14. The van der Waals surface area contributed by atoms with Crippen LogP contribution in [0.5, 0.6) is 11.5 Å². The number of hydrogen-bond acceptors (Lipinski definition) is 9. The van der Waals surface area contributed by atoms with Crippen molar-refractivity contribution in [2.75, 3.05) is 37.0 Å². The highest BCUT2D eigenvalue weighted by Crippen LogP contribution is 2.35. The first kappa shape index (κ1) is 33.1. The fourth-order valence-corrected chi connectivity index (χ4v) is 5.20. The van der Waals surface area contributed by atoms with E-state index in [1.807, 2.05) is 25.1 Å². The molecule has 0 spiro atoms. The molecule has 234 valence electrons. The zero-order chi connectivity index (χ0) is 32.5. The Bertz CT molecular complexity index is 1680. The summed E-state index contributed by atoms with van der Waals surface area (Å²) >= 11 is 6.76. The Morgan fingerprint density at radius 1 is 0.889 bits per heavy atom. The molecule has 13 heteroatoms. The van der Waals surface area contributed by atoms with Crippen LogP contribution in [0.3, 0.4) is 0 Å². The van der Waals surface area contributed by atoms with Crippen LogP contribution < -0.4 is 20.1 Å². The summed E-state index contributed by atoms with van der Waals surface area (Å²) < 4.78 is 16.3. The van der Waals surface area contributed by atoms with Crippen LogP contribution in [-0.2, 0) is 19.1 Å². The van der Waals surface area contributed by atoms with E-state index >= 15 is 0 Å². The van der Waals surface area contributed by atoms with E-state index in [4.69, 9.17) is 25.8 Å². The number of anilines is 2. The van der Waals surface area contributed by atoms with E-state index in [0.717, 1.165) is 10.5 Å². The molecule has 0 saturated carbocycles. The number of esters is 1. The molecule has 4 rings (SSSR count). The Labute approximate surface area is 268 Å². The number of amides is 4. The predicted octanol–water partition coefficient (Wildman–Crippen LogP) is 5.92. The van der Waals surface area contributed by atoms with Crippen molar-refractivity contribution >= 4 is 69.7 Å². The quantitative estimate of drug-likeness (QED) is 0.180. The third-order valence-electron chi connectivity index (χ3n) is 6.15. The number of aryl methyl sites for hydroxylation is 1. The summed E-state index contributed by atoms with van der Waals surface area (Å²) in [6.45, 7) is 5.04. The first-order valence-corrected chi connectivity index (χ1v) is 15.1. The lowest BCUT2D eigenvalue weighted by atomic mass is 10.2. The van der Waals surface area contributed by atoms with E-state index in [9.17, 15) is 24.0 Å². The van der Waals surface area contributed by atoms with E-state index in [2.05, 4.69) is 10.6 Å². The van der Waals surface area contributed by atoms with E-state index in [1.54, 1.807) is 38.1 Å². The van der Waals surface area contributed by atoms with Crippen LogP contribution in [0, 0.1) is 6.92 Å². The number of carbonyl (C=O) groups is 5. The SMILES string of the molecule is CCOC(=O)c1cc(NC(=O)CN2C(=O)S/C(=C/c3ccc(OCC(=O)Nc4cccc(C)c4)c(OCC)c3)C2=O)ccc1Cl. The fourth-order valence-electron chi connectivity index (χ4n) is 4.17. The molecule has 4 amide bonds. The van der Waals surface area contributed by atoms with Crippen LogP contribution in [0.2, 0.25) is 5.02 Å². The van der Waals surface area contributed by atoms with Crippen LogP contribution in [0.15, 0.2) is 65.6 Å². The largest absolute Gasteiger partial charge is 0.490 e. The second kappa shape index (κ2) is 15.3. The van der Waals surface area contributed by atoms with Gasteiger partial charge in [-0.3, -0.25) is 24.1 Å². The van der Waals surface area contributed by atoms with Crippen molar-refractivity contribution in [3.05, 3.63) is 87.3 Å². The molecule has 3 aromatic carbocycles. The molecule has 0 bridgehead atoms. The lowest BCUT2D eigenvalue weighted by Crippen LogP contribution is -2.36. The number of nitrogens with one attached hydrogen (secondary N) is 2. The molecule has 2 N–H and O–H groups in total. The maximum atomic E-state index is 13.1. The summed E-state index contributed by atoms with van der Waals surface area (Å²) in [5.41, 5.74) is 2.52. The minimum Gasteiger partial charge on any atom is -0.490 e. The molecule has 0 aliphatic carbocycles. The molecule has 1 fully saturated rings. The van der Waals surface area contributed by atoms with Crippen molar-refractivity contribution in [2.45, 2.75) is 20.8 Å². The molecule has 0 aromatic heterocycles. The summed E-state index contributed by atoms with van der Waals surface area (Å²) in [7, 11) is 0. The average Bonchev–Trinajstić information content (AvgIpc) is 3.25. The van der Waals surface area contributed by atoms with E-state index in [1.165, 1.54) is 24.3 Å². The van der Waals surface area contributed by atoms with Gasteiger partial charge in [0.25, 0.3) is 17.1 Å². The van der Waals surface area contributed by atoms with Crippen LogP contribution in [0.25, 0.3) is 6.08 Å². The van der Waals surface area contributed by atoms with Crippen LogP contribution >= 0.6 is 23.4 Å². The maximum absolute atomic E-state index is 13.1. The van der Waals surface area contributed by atoms with E-state index in [-0.39, 0.29) is 40.3 Å². The highest BCUT2D eigenvalue weighted by atomic mass is 35.5. The van der Waals surface area contributed by atoms with Crippen LogP contribution in [0.4, 0.5) is 16.2 Å². The topological polar surface area (TPSA) is 140 Å². The number of rotatable bonds is 12. The molecule has 1 saturated heterocycles. The van der Waals surface area contributed by atoms with Gasteiger partial charge in [0.05, 0.1) is 28.7 Å². The van der Waals surface area contributed by atoms with E-state index in [0.29, 0.717) is 41.1 Å². The van der Waals surface area contributed by atoms with Crippen LogP contribution in [0.1, 0.15) is 35.3 Å². The Balaban J connectivity index is 1.40. The third-order valence-corrected chi connectivity index (χ3v) is 7.38. The standard InChI is InChI=1S/C32H30ClN3O8S/c1-4-42-26-14-20(9-12-25(26)44-18-29(38)35-21-8-6-7-19(3)13-21)15-27-30(39)36(32(41)45-27)17-28(37)34-22-10-11-24(33)23(16-22)31(40)43-5-2/h6-16H,4-5,17-18H2,1-3H3,(H,34,37)(H,35,38)/b27-15+. The number of carbonyl (C=O) groups excluding carboxylic acids is 5. The minimum absolute atomic E-state index is 0.0683. The lowest BCUT2D eigenvalue weighted by molar-refractivity contribution is -0.127. The zero-order valence-corrected chi connectivity index (χ0v) is 26.3. The van der Waals surface area contributed by atoms with Gasteiger partial charge < -0.3 is 24.8 Å². The van der Waals surface area contributed by atoms with Crippen molar-refractivity contribution in [1.82, 2.24) is 4.90 Å². The normalized spacial score (nSPS) is 13.5. The van der Waals surface area contributed by atoms with Crippen molar-refractivity contribution in [1.29, 1.82) is 0 Å². The average molecular weight is 652 g/mol. The summed E-state index contributed by atoms with van der Waals surface area (Å²) in [6, 6.07) is 16.5. The monoisotopic (exact) mass is 651 g/mol. The molecule has 0 atom stereocenters. The molecule has 1 aliphatic heterocycles. The molecule has 1 aliphatic rings. The molecule has 0 unspecified atom stereocenters. The molecule has 11 nitrogen and oxygen atoms in total. The first-order chi connectivity index (χ1) is 21.6. The number of imide groups is 1. The Morgan fingerprint density at radius 3 is 2.38 bits per heavy atom. The van der Waals surface area contributed by atoms with Gasteiger partial charge in [-0.25, -0.2) is 4.79 Å². The van der Waals surface area contributed by atoms with Gasteiger partial charge in [0.1, 0.15) is 6.54 Å². The van der Waals surface area contributed by atoms with Crippen molar-refractivity contribution in [3.8, 4) is 11.5 Å². The van der Waals surface area contributed by atoms with Gasteiger partial charge in [0, 0.05) is 11.4 Å². The first-order valence-electron chi connectivity index (χ1n) is 13.9. The number of nitrogens with zero attached hydrogens (tertiary/aromatic N) is 1. The second-order valence-corrected chi connectivity index (χ2v) is 11.0. The zero-order valence-electron chi connectivity index (χ0n) is 24.7. The second-order valence-electron chi connectivity index (χ2n) is 9.58. The number of thioether (sulfide) groups is 1. The smallest absolute Gasteiger partial charge is 0.339 e. The predicted molar refractivity (Wildman–Crippen MR) is 172 cm³/mol. The number of hydrogen-bond donors (Lipinski definition) is 2. The fraction of sp³-hybridized carbons (Fsp3) is 0.219. The molecule has 0 radical (unpaired) electrons. The highest BCUT2D eigenvalue weighted by molar-refractivity contribution is 8.18. The van der Waals surface area contributed by atoms with Gasteiger partial charge in [-0.1, -0.05) is 29.8 Å². The minimum atomic E-state index is -0.651. The Morgan fingerprint density at radius 2 is 1.64 bits per heavy atom.